The van der Waals surface area contributed by atoms with E-state index in [2.05, 4.69) is 17.6 Å². The Morgan fingerprint density at radius 1 is 1.18 bits per heavy atom. The van der Waals surface area contributed by atoms with E-state index in [1.54, 1.807) is 6.07 Å². The molecule has 0 amide bonds. The monoisotopic (exact) mass is 242 g/mol. The number of nitrogens with one attached hydrogen (secondary N) is 2. The molecule has 17 heavy (non-hydrogen) atoms. The van der Waals surface area contributed by atoms with Gasteiger partial charge < -0.3 is 10.6 Å². The van der Waals surface area contributed by atoms with Gasteiger partial charge >= 0.3 is 0 Å². The van der Waals surface area contributed by atoms with Gasteiger partial charge in [-0.1, -0.05) is 19.4 Å². The normalized spacial score (nSPS) is 14.6. The highest BCUT2D eigenvalue weighted by Gasteiger charge is 2.20. The highest BCUT2D eigenvalue weighted by molar-refractivity contribution is 5.22. The lowest BCUT2D eigenvalue weighted by Crippen LogP contribution is -2.31. The first-order valence-corrected chi connectivity index (χ1v) is 5.90. The SMILES string of the molecule is CCC(CNC)C(NC)c1ccc(F)c(F)c1. The van der Waals surface area contributed by atoms with Crippen LogP contribution in [-0.2, 0) is 0 Å². The minimum Gasteiger partial charge on any atom is -0.319 e. The van der Waals surface area contributed by atoms with Crippen LogP contribution in [0.3, 0.4) is 0 Å². The third-order valence-electron chi connectivity index (χ3n) is 3.08. The standard InChI is InChI=1S/C13H20F2N2/c1-4-9(8-16-2)13(17-3)10-5-6-11(14)12(15)7-10/h5-7,9,13,16-17H,4,8H2,1-3H3. The molecule has 0 aliphatic heterocycles. The number of rotatable bonds is 6. The summed E-state index contributed by atoms with van der Waals surface area (Å²) in [5, 5.41) is 6.29. The van der Waals surface area contributed by atoms with E-state index in [0.717, 1.165) is 18.5 Å². The van der Waals surface area contributed by atoms with Gasteiger partial charge in [-0.05, 0) is 44.3 Å². The van der Waals surface area contributed by atoms with Gasteiger partial charge in [-0.25, -0.2) is 8.78 Å². The highest BCUT2D eigenvalue weighted by atomic mass is 19.2. The average Bonchev–Trinajstić information content (AvgIpc) is 2.33. The third kappa shape index (κ3) is 3.48. The molecule has 0 aliphatic carbocycles. The lowest BCUT2D eigenvalue weighted by atomic mass is 9.91. The molecule has 4 heteroatoms. The van der Waals surface area contributed by atoms with E-state index in [-0.39, 0.29) is 6.04 Å². The van der Waals surface area contributed by atoms with Crippen molar-refractivity contribution in [2.24, 2.45) is 5.92 Å². The quantitative estimate of drug-likeness (QED) is 0.800. The molecule has 0 bridgehead atoms. The van der Waals surface area contributed by atoms with Crippen molar-refractivity contribution in [3.05, 3.63) is 35.4 Å². The van der Waals surface area contributed by atoms with Gasteiger partial charge in [0.05, 0.1) is 0 Å². The van der Waals surface area contributed by atoms with Crippen molar-refractivity contribution in [1.82, 2.24) is 10.6 Å². The van der Waals surface area contributed by atoms with Crippen LogP contribution in [-0.4, -0.2) is 20.6 Å². The van der Waals surface area contributed by atoms with Crippen LogP contribution in [0, 0.1) is 17.6 Å². The fraction of sp³-hybridized carbons (Fsp3) is 0.538. The van der Waals surface area contributed by atoms with E-state index in [1.165, 1.54) is 12.1 Å². The number of benzene rings is 1. The Kier molecular flexibility index (Phi) is 5.51. The summed E-state index contributed by atoms with van der Waals surface area (Å²) in [6.07, 6.45) is 0.964. The zero-order valence-electron chi connectivity index (χ0n) is 10.6. The Labute approximate surface area is 101 Å². The summed E-state index contributed by atoms with van der Waals surface area (Å²) < 4.78 is 26.1. The molecule has 2 nitrogen and oxygen atoms in total. The van der Waals surface area contributed by atoms with Crippen molar-refractivity contribution in [3.8, 4) is 0 Å². The van der Waals surface area contributed by atoms with Gasteiger partial charge in [-0.3, -0.25) is 0 Å². The second kappa shape index (κ2) is 6.67. The van der Waals surface area contributed by atoms with Crippen LogP contribution in [0.2, 0.25) is 0 Å². The van der Waals surface area contributed by atoms with Gasteiger partial charge in [0.1, 0.15) is 0 Å². The molecule has 0 aromatic heterocycles. The van der Waals surface area contributed by atoms with Crippen LogP contribution in [0.1, 0.15) is 24.9 Å². The zero-order chi connectivity index (χ0) is 12.8. The minimum atomic E-state index is -0.801. The molecule has 0 saturated carbocycles. The van der Waals surface area contributed by atoms with E-state index in [1.807, 2.05) is 14.1 Å². The van der Waals surface area contributed by atoms with Gasteiger partial charge in [0.2, 0.25) is 0 Å². The first-order valence-electron chi connectivity index (χ1n) is 5.90. The van der Waals surface area contributed by atoms with E-state index >= 15 is 0 Å². The summed E-state index contributed by atoms with van der Waals surface area (Å²) in [6.45, 7) is 2.92. The maximum Gasteiger partial charge on any atom is 0.159 e. The molecule has 96 valence electrons. The van der Waals surface area contributed by atoms with Crippen molar-refractivity contribution >= 4 is 0 Å². The molecule has 1 rings (SSSR count). The number of hydrogen-bond donors (Lipinski definition) is 2. The highest BCUT2D eigenvalue weighted by Crippen LogP contribution is 2.25. The third-order valence-corrected chi connectivity index (χ3v) is 3.08. The van der Waals surface area contributed by atoms with E-state index in [0.29, 0.717) is 5.92 Å². The van der Waals surface area contributed by atoms with Crippen LogP contribution in [0.25, 0.3) is 0 Å². The van der Waals surface area contributed by atoms with Crippen LogP contribution in [0.15, 0.2) is 18.2 Å². The van der Waals surface area contributed by atoms with Gasteiger partial charge in [-0.2, -0.15) is 0 Å². The van der Waals surface area contributed by atoms with Gasteiger partial charge in [0, 0.05) is 6.04 Å². The molecule has 2 N–H and O–H groups in total. The van der Waals surface area contributed by atoms with Crippen molar-refractivity contribution in [2.75, 3.05) is 20.6 Å². The van der Waals surface area contributed by atoms with Crippen molar-refractivity contribution in [1.29, 1.82) is 0 Å². The van der Waals surface area contributed by atoms with Gasteiger partial charge in [0.15, 0.2) is 11.6 Å². The lowest BCUT2D eigenvalue weighted by molar-refractivity contribution is 0.358. The van der Waals surface area contributed by atoms with E-state index in [9.17, 15) is 8.78 Å². The molecule has 0 radical (unpaired) electrons. The summed E-state index contributed by atoms with van der Waals surface area (Å²) in [6, 6.07) is 4.12. The second-order valence-electron chi connectivity index (χ2n) is 4.17. The Morgan fingerprint density at radius 3 is 2.35 bits per heavy atom. The molecule has 0 saturated heterocycles. The van der Waals surface area contributed by atoms with Crippen molar-refractivity contribution < 1.29 is 8.78 Å². The molecule has 1 aromatic carbocycles. The molecule has 0 fully saturated rings. The van der Waals surface area contributed by atoms with Crippen LogP contribution < -0.4 is 10.6 Å². The second-order valence-corrected chi connectivity index (χ2v) is 4.17. The fourth-order valence-electron chi connectivity index (χ4n) is 2.14. The predicted molar refractivity (Wildman–Crippen MR) is 65.9 cm³/mol. The molecule has 1 aromatic rings. The number of halogens is 2. The summed E-state index contributed by atoms with van der Waals surface area (Å²) in [5.74, 6) is -1.25. The van der Waals surface area contributed by atoms with Crippen molar-refractivity contribution in [3.63, 3.8) is 0 Å². The summed E-state index contributed by atoms with van der Waals surface area (Å²) in [7, 11) is 3.73. The molecule has 2 atom stereocenters. The first kappa shape index (κ1) is 14.1. The van der Waals surface area contributed by atoms with Gasteiger partial charge in [0.25, 0.3) is 0 Å². The minimum absolute atomic E-state index is 0.0301. The van der Waals surface area contributed by atoms with E-state index < -0.39 is 11.6 Å². The summed E-state index contributed by atoms with van der Waals surface area (Å²) in [4.78, 5) is 0. The largest absolute Gasteiger partial charge is 0.319 e. The Morgan fingerprint density at radius 2 is 1.88 bits per heavy atom. The molecular weight excluding hydrogens is 222 g/mol. The van der Waals surface area contributed by atoms with Crippen molar-refractivity contribution in [2.45, 2.75) is 19.4 Å². The predicted octanol–water partition coefficient (Wildman–Crippen LogP) is 2.47. The lowest BCUT2D eigenvalue weighted by Gasteiger charge is -2.26. The zero-order valence-corrected chi connectivity index (χ0v) is 10.6. The summed E-state index contributed by atoms with van der Waals surface area (Å²) in [5.41, 5.74) is 0.786. The number of hydrogen-bond acceptors (Lipinski definition) is 2. The summed E-state index contributed by atoms with van der Waals surface area (Å²) >= 11 is 0. The average molecular weight is 242 g/mol. The maximum absolute atomic E-state index is 13.2. The van der Waals surface area contributed by atoms with Crippen LogP contribution in [0.4, 0.5) is 8.78 Å². The molecule has 0 heterocycles. The van der Waals surface area contributed by atoms with Crippen LogP contribution in [0.5, 0.6) is 0 Å². The molecule has 0 aliphatic rings. The smallest absolute Gasteiger partial charge is 0.159 e. The molecule has 2 unspecified atom stereocenters. The molecule has 0 spiro atoms. The van der Waals surface area contributed by atoms with Crippen LogP contribution >= 0.6 is 0 Å². The maximum atomic E-state index is 13.2. The molecular formula is C13H20F2N2. The Hall–Kier alpha value is -1.00. The fourth-order valence-corrected chi connectivity index (χ4v) is 2.14. The van der Waals surface area contributed by atoms with E-state index in [4.69, 9.17) is 0 Å². The first-order chi connectivity index (χ1) is 8.13. The Balaban J connectivity index is 2.95. The topological polar surface area (TPSA) is 24.1 Å². The van der Waals surface area contributed by atoms with Gasteiger partial charge in [-0.15, -0.1) is 0 Å². The Bertz CT molecular complexity index is 355.